The highest BCUT2D eigenvalue weighted by Gasteiger charge is 2.23. The van der Waals surface area contributed by atoms with E-state index in [0.29, 0.717) is 18.5 Å². The van der Waals surface area contributed by atoms with Gasteiger partial charge in [0, 0.05) is 24.4 Å². The second-order valence-corrected chi connectivity index (χ2v) is 7.67. The molecule has 1 aliphatic carbocycles. The van der Waals surface area contributed by atoms with Gasteiger partial charge in [-0.2, -0.15) is 5.26 Å². The van der Waals surface area contributed by atoms with E-state index in [0.717, 1.165) is 47.7 Å². The molecule has 1 aromatic heterocycles. The van der Waals surface area contributed by atoms with Gasteiger partial charge in [0.15, 0.2) is 0 Å². The Morgan fingerprint density at radius 2 is 2.27 bits per heavy atom. The van der Waals surface area contributed by atoms with Gasteiger partial charge in [-0.05, 0) is 49.6 Å². The van der Waals surface area contributed by atoms with Crippen LogP contribution in [0.25, 0.3) is 0 Å². The minimum atomic E-state index is -0.0427. The lowest BCUT2D eigenvalue weighted by atomic mass is 10.1. The van der Waals surface area contributed by atoms with Crippen molar-refractivity contribution in [2.75, 3.05) is 26.0 Å². The zero-order valence-corrected chi connectivity index (χ0v) is 16.0. The maximum absolute atomic E-state index is 12.3. The first-order valence-corrected chi connectivity index (χ1v) is 9.58. The van der Waals surface area contributed by atoms with Gasteiger partial charge in [0.05, 0.1) is 12.7 Å². The molecule has 3 rings (SSSR count). The number of nitriles is 1. The highest BCUT2D eigenvalue weighted by molar-refractivity contribution is 7.16. The van der Waals surface area contributed by atoms with Crippen LogP contribution in [-0.2, 0) is 24.2 Å². The summed E-state index contributed by atoms with van der Waals surface area (Å²) in [7, 11) is 3.65. The van der Waals surface area contributed by atoms with E-state index >= 15 is 0 Å². The number of amides is 1. The first-order chi connectivity index (χ1) is 12.6. The Kier molecular flexibility index (Phi) is 5.92. The van der Waals surface area contributed by atoms with Gasteiger partial charge in [-0.15, -0.1) is 11.3 Å². The van der Waals surface area contributed by atoms with Crippen LogP contribution in [0.5, 0.6) is 5.75 Å². The van der Waals surface area contributed by atoms with Crippen molar-refractivity contribution in [1.29, 1.82) is 5.26 Å². The molecule has 2 aromatic rings. The molecule has 0 radical (unpaired) electrons. The van der Waals surface area contributed by atoms with Crippen LogP contribution < -0.4 is 10.1 Å². The van der Waals surface area contributed by atoms with E-state index in [1.165, 1.54) is 4.88 Å². The van der Waals surface area contributed by atoms with Crippen LogP contribution >= 0.6 is 11.3 Å². The number of anilines is 1. The van der Waals surface area contributed by atoms with Gasteiger partial charge in [-0.1, -0.05) is 12.1 Å². The zero-order valence-electron chi connectivity index (χ0n) is 15.2. The largest absolute Gasteiger partial charge is 0.497 e. The van der Waals surface area contributed by atoms with Crippen LogP contribution in [0, 0.1) is 11.3 Å². The van der Waals surface area contributed by atoms with E-state index in [9.17, 15) is 10.1 Å². The number of benzene rings is 1. The fraction of sp³-hybridized carbons (Fsp3) is 0.400. The van der Waals surface area contributed by atoms with Gasteiger partial charge in [-0.25, -0.2) is 0 Å². The fourth-order valence-corrected chi connectivity index (χ4v) is 4.51. The number of nitrogens with zero attached hydrogens (tertiary/aromatic N) is 2. The third-order valence-electron chi connectivity index (χ3n) is 4.59. The molecule has 1 amide bonds. The molecule has 5 nitrogen and oxygen atoms in total. The third kappa shape index (κ3) is 4.24. The van der Waals surface area contributed by atoms with Crippen molar-refractivity contribution in [2.24, 2.45) is 0 Å². The number of fused-ring (bicyclic) bond motifs is 1. The van der Waals surface area contributed by atoms with Crippen molar-refractivity contribution in [3.05, 3.63) is 45.8 Å². The second kappa shape index (κ2) is 8.35. The average Bonchev–Trinajstić information content (AvgIpc) is 3.20. The van der Waals surface area contributed by atoms with Gasteiger partial charge in [0.25, 0.3) is 0 Å². The van der Waals surface area contributed by atoms with Crippen molar-refractivity contribution < 1.29 is 9.53 Å². The molecule has 0 bridgehead atoms. The normalized spacial score (nSPS) is 12.7. The highest BCUT2D eigenvalue weighted by atomic mass is 32.1. The molecule has 1 heterocycles. The number of carbonyl (C=O) groups is 1. The molecule has 0 saturated heterocycles. The summed E-state index contributed by atoms with van der Waals surface area (Å²) in [5, 5.41) is 13.1. The van der Waals surface area contributed by atoms with Crippen molar-refractivity contribution in [2.45, 2.75) is 32.2 Å². The molecule has 0 atom stereocenters. The molecule has 1 aromatic carbocycles. The fourth-order valence-electron chi connectivity index (χ4n) is 3.25. The van der Waals surface area contributed by atoms with E-state index in [4.69, 9.17) is 4.74 Å². The van der Waals surface area contributed by atoms with E-state index in [1.807, 2.05) is 31.3 Å². The summed E-state index contributed by atoms with van der Waals surface area (Å²) in [6.07, 6.45) is 3.48. The minimum Gasteiger partial charge on any atom is -0.497 e. The number of hydrogen-bond donors (Lipinski definition) is 1. The molecule has 0 aliphatic heterocycles. The molecular formula is C20H23N3O2S. The summed E-state index contributed by atoms with van der Waals surface area (Å²) in [5.41, 5.74) is 2.96. The van der Waals surface area contributed by atoms with Crippen molar-refractivity contribution in [3.63, 3.8) is 0 Å². The summed E-state index contributed by atoms with van der Waals surface area (Å²) < 4.78 is 5.24. The quantitative estimate of drug-likeness (QED) is 0.810. The number of thiophene rings is 1. The molecule has 1 aliphatic rings. The smallest absolute Gasteiger partial charge is 0.226 e. The standard InChI is InChI=1S/C20H23N3O2S/c1-23(13-14-5-3-6-15(11-14)25-2)10-9-19(24)22-20-17(12-21)16-7-4-8-18(16)26-20/h3,5-6,11H,4,7-10,13H2,1-2H3,(H,22,24). The third-order valence-corrected chi connectivity index (χ3v) is 5.80. The Morgan fingerprint density at radius 1 is 1.42 bits per heavy atom. The highest BCUT2D eigenvalue weighted by Crippen LogP contribution is 2.38. The molecule has 136 valence electrons. The summed E-state index contributed by atoms with van der Waals surface area (Å²) in [6, 6.07) is 10.2. The predicted molar refractivity (Wildman–Crippen MR) is 104 cm³/mol. The Labute approximate surface area is 158 Å². The van der Waals surface area contributed by atoms with Gasteiger partial charge in [0.1, 0.15) is 16.8 Å². The van der Waals surface area contributed by atoms with Crippen LogP contribution in [0.15, 0.2) is 24.3 Å². The second-order valence-electron chi connectivity index (χ2n) is 6.56. The summed E-state index contributed by atoms with van der Waals surface area (Å²) >= 11 is 1.56. The van der Waals surface area contributed by atoms with Crippen LogP contribution in [0.3, 0.4) is 0 Å². The van der Waals surface area contributed by atoms with Crippen LogP contribution in [-0.4, -0.2) is 31.5 Å². The lowest BCUT2D eigenvalue weighted by Gasteiger charge is -2.16. The van der Waals surface area contributed by atoms with E-state index in [2.05, 4.69) is 16.3 Å². The molecule has 0 fully saturated rings. The SMILES string of the molecule is COc1cccc(CN(C)CCC(=O)Nc2sc3c(c2C#N)CCC3)c1. The number of aryl methyl sites for hydroxylation is 1. The Balaban J connectivity index is 1.52. The van der Waals surface area contributed by atoms with Crippen LogP contribution in [0.2, 0.25) is 0 Å². The van der Waals surface area contributed by atoms with Crippen LogP contribution in [0.1, 0.15) is 34.4 Å². The molecule has 6 heteroatoms. The van der Waals surface area contributed by atoms with E-state index in [1.54, 1.807) is 18.4 Å². The Morgan fingerprint density at radius 3 is 3.04 bits per heavy atom. The number of carbonyl (C=O) groups excluding carboxylic acids is 1. The van der Waals surface area contributed by atoms with Crippen molar-refractivity contribution >= 4 is 22.2 Å². The lowest BCUT2D eigenvalue weighted by molar-refractivity contribution is -0.116. The first kappa shape index (κ1) is 18.4. The summed E-state index contributed by atoms with van der Waals surface area (Å²) in [6.45, 7) is 1.40. The predicted octanol–water partition coefficient (Wildman–Crippen LogP) is 3.58. The topological polar surface area (TPSA) is 65.4 Å². The van der Waals surface area contributed by atoms with Crippen molar-refractivity contribution in [1.82, 2.24) is 4.90 Å². The average molecular weight is 369 g/mol. The van der Waals surface area contributed by atoms with Gasteiger partial charge in [-0.3, -0.25) is 4.79 Å². The van der Waals surface area contributed by atoms with Gasteiger partial charge < -0.3 is 15.0 Å². The van der Waals surface area contributed by atoms with Gasteiger partial charge in [0.2, 0.25) is 5.91 Å². The Hall–Kier alpha value is -2.36. The number of rotatable bonds is 7. The van der Waals surface area contributed by atoms with Crippen LogP contribution in [0.4, 0.5) is 5.00 Å². The maximum Gasteiger partial charge on any atom is 0.226 e. The van der Waals surface area contributed by atoms with E-state index < -0.39 is 0 Å². The molecule has 1 N–H and O–H groups in total. The molecule has 26 heavy (non-hydrogen) atoms. The minimum absolute atomic E-state index is 0.0427. The van der Waals surface area contributed by atoms with Gasteiger partial charge >= 0.3 is 0 Å². The van der Waals surface area contributed by atoms with E-state index in [-0.39, 0.29) is 5.91 Å². The van der Waals surface area contributed by atoms with Crippen molar-refractivity contribution in [3.8, 4) is 11.8 Å². The zero-order chi connectivity index (χ0) is 18.5. The number of methoxy groups -OCH3 is 1. The molecule has 0 saturated carbocycles. The molecule has 0 unspecified atom stereocenters. The lowest BCUT2D eigenvalue weighted by Crippen LogP contribution is -2.24. The maximum atomic E-state index is 12.3. The Bertz CT molecular complexity index is 838. The molecular weight excluding hydrogens is 346 g/mol. The number of nitrogens with one attached hydrogen (secondary N) is 1. The molecule has 0 spiro atoms. The summed E-state index contributed by atoms with van der Waals surface area (Å²) in [4.78, 5) is 15.7. The number of hydrogen-bond acceptors (Lipinski definition) is 5. The first-order valence-electron chi connectivity index (χ1n) is 8.76. The number of ether oxygens (including phenoxy) is 1. The monoisotopic (exact) mass is 369 g/mol. The summed E-state index contributed by atoms with van der Waals surface area (Å²) in [5.74, 6) is 0.794.